The first-order chi connectivity index (χ1) is 8.20. The van der Waals surface area contributed by atoms with E-state index in [0.717, 1.165) is 31.0 Å². The lowest BCUT2D eigenvalue weighted by atomic mass is 10.1. The number of aromatic amines is 1. The van der Waals surface area contributed by atoms with E-state index in [9.17, 15) is 4.79 Å². The molecule has 0 spiro atoms. The summed E-state index contributed by atoms with van der Waals surface area (Å²) >= 11 is 1.22. The van der Waals surface area contributed by atoms with Gasteiger partial charge in [-0.05, 0) is 23.3 Å². The molecule has 0 bridgehead atoms. The molecule has 0 unspecified atom stereocenters. The molecule has 0 radical (unpaired) electrons. The molecule has 1 aliphatic heterocycles. The number of nitrogen functional groups attached to an aromatic ring is 1. The molecule has 0 aliphatic carbocycles. The average Bonchev–Trinajstić information content (AvgIpc) is 2.84. The van der Waals surface area contributed by atoms with Crippen LogP contribution >= 0.6 is 11.3 Å². The third-order valence-corrected chi connectivity index (χ3v) is 3.70. The lowest BCUT2D eigenvalue weighted by molar-refractivity contribution is 0.272. The van der Waals surface area contributed by atoms with Crippen LogP contribution in [0.15, 0.2) is 28.4 Å². The van der Waals surface area contributed by atoms with Crippen LogP contribution in [0.4, 0.5) is 5.69 Å². The van der Waals surface area contributed by atoms with Crippen molar-refractivity contribution >= 4 is 17.0 Å². The van der Waals surface area contributed by atoms with Crippen molar-refractivity contribution in [1.82, 2.24) is 9.88 Å². The second-order valence-electron chi connectivity index (χ2n) is 4.35. The zero-order chi connectivity index (χ0) is 11.8. The molecular formula is C12H13N3OS. The number of aromatic nitrogens is 1. The Balaban J connectivity index is 1.76. The number of nitrogens with one attached hydrogen (secondary N) is 1. The van der Waals surface area contributed by atoms with Crippen molar-refractivity contribution in [3.8, 4) is 0 Å². The van der Waals surface area contributed by atoms with Crippen molar-refractivity contribution < 1.29 is 0 Å². The molecule has 3 N–H and O–H groups in total. The van der Waals surface area contributed by atoms with Gasteiger partial charge in [-0.3, -0.25) is 9.69 Å². The maximum atomic E-state index is 11.1. The molecule has 17 heavy (non-hydrogen) atoms. The highest BCUT2D eigenvalue weighted by Crippen LogP contribution is 2.25. The topological polar surface area (TPSA) is 62.1 Å². The van der Waals surface area contributed by atoms with E-state index in [2.05, 4.69) is 16.0 Å². The van der Waals surface area contributed by atoms with Gasteiger partial charge in [0.1, 0.15) is 0 Å². The van der Waals surface area contributed by atoms with Crippen LogP contribution in [-0.4, -0.2) is 9.88 Å². The van der Waals surface area contributed by atoms with Gasteiger partial charge in [0.25, 0.3) is 0 Å². The molecular weight excluding hydrogens is 234 g/mol. The fourth-order valence-electron chi connectivity index (χ4n) is 2.23. The summed E-state index contributed by atoms with van der Waals surface area (Å²) in [5.74, 6) is 0. The lowest BCUT2D eigenvalue weighted by Gasteiger charge is -2.12. The number of anilines is 1. The van der Waals surface area contributed by atoms with Gasteiger partial charge in [-0.15, -0.1) is 0 Å². The monoisotopic (exact) mass is 247 g/mol. The second kappa shape index (κ2) is 4.01. The van der Waals surface area contributed by atoms with Gasteiger partial charge < -0.3 is 10.7 Å². The Labute approximate surface area is 103 Å². The highest BCUT2D eigenvalue weighted by Gasteiger charge is 2.19. The van der Waals surface area contributed by atoms with Gasteiger partial charge in [0.05, 0.1) is 0 Å². The van der Waals surface area contributed by atoms with E-state index >= 15 is 0 Å². The molecule has 0 fully saturated rings. The molecule has 0 saturated heterocycles. The number of benzene rings is 1. The quantitative estimate of drug-likeness (QED) is 0.791. The van der Waals surface area contributed by atoms with Crippen LogP contribution in [0.25, 0.3) is 0 Å². The minimum Gasteiger partial charge on any atom is -0.399 e. The van der Waals surface area contributed by atoms with Crippen LogP contribution in [0, 0.1) is 0 Å². The van der Waals surface area contributed by atoms with E-state index < -0.39 is 0 Å². The van der Waals surface area contributed by atoms with Crippen LogP contribution in [0.3, 0.4) is 0 Å². The fourth-order valence-corrected chi connectivity index (χ4v) is 2.80. The molecule has 1 aliphatic rings. The first-order valence-corrected chi connectivity index (χ1v) is 6.35. The Morgan fingerprint density at radius 2 is 2.18 bits per heavy atom. The van der Waals surface area contributed by atoms with Gasteiger partial charge in [-0.1, -0.05) is 17.4 Å². The molecule has 88 valence electrons. The SMILES string of the molecule is Nc1ccc2c(c1)CN(Cc1csc(=O)[nH]1)C2. The summed E-state index contributed by atoms with van der Waals surface area (Å²) in [6.07, 6.45) is 0. The van der Waals surface area contributed by atoms with Crippen LogP contribution < -0.4 is 10.6 Å². The summed E-state index contributed by atoms with van der Waals surface area (Å²) in [6, 6.07) is 6.06. The van der Waals surface area contributed by atoms with Crippen molar-refractivity contribution in [1.29, 1.82) is 0 Å². The summed E-state index contributed by atoms with van der Waals surface area (Å²) < 4.78 is 0. The van der Waals surface area contributed by atoms with E-state index in [1.807, 2.05) is 17.5 Å². The number of hydrogen-bond acceptors (Lipinski definition) is 4. The maximum absolute atomic E-state index is 11.1. The molecule has 1 aromatic heterocycles. The number of H-pyrrole nitrogens is 1. The van der Waals surface area contributed by atoms with Gasteiger partial charge >= 0.3 is 4.87 Å². The third kappa shape index (κ3) is 2.11. The summed E-state index contributed by atoms with van der Waals surface area (Å²) in [4.78, 5) is 16.2. The zero-order valence-electron chi connectivity index (χ0n) is 9.27. The van der Waals surface area contributed by atoms with Crippen LogP contribution in [0.5, 0.6) is 0 Å². The molecule has 2 heterocycles. The van der Waals surface area contributed by atoms with Crippen molar-refractivity contribution in [2.45, 2.75) is 19.6 Å². The minimum atomic E-state index is 0.0148. The van der Waals surface area contributed by atoms with Crippen LogP contribution in [0.2, 0.25) is 0 Å². The molecule has 1 aromatic carbocycles. The standard InChI is InChI=1S/C12H13N3OS/c13-10-2-1-8-4-15(5-9(8)3-10)6-11-7-17-12(16)14-11/h1-3,7H,4-6,13H2,(H,14,16). The zero-order valence-corrected chi connectivity index (χ0v) is 10.1. The Morgan fingerprint density at radius 1 is 1.35 bits per heavy atom. The van der Waals surface area contributed by atoms with Gasteiger partial charge in [0, 0.05) is 36.4 Å². The Bertz CT molecular complexity index is 602. The fraction of sp³-hybridized carbons (Fsp3) is 0.250. The number of thiazole rings is 1. The normalized spacial score (nSPS) is 15.1. The third-order valence-electron chi connectivity index (χ3n) is 2.98. The van der Waals surface area contributed by atoms with Crippen molar-refractivity contribution in [2.24, 2.45) is 0 Å². The van der Waals surface area contributed by atoms with Gasteiger partial charge in [-0.2, -0.15) is 0 Å². The van der Waals surface area contributed by atoms with Crippen molar-refractivity contribution in [2.75, 3.05) is 5.73 Å². The number of hydrogen-bond donors (Lipinski definition) is 2. The van der Waals surface area contributed by atoms with Gasteiger partial charge in [0.15, 0.2) is 0 Å². The van der Waals surface area contributed by atoms with Crippen LogP contribution in [-0.2, 0) is 19.6 Å². The molecule has 4 nitrogen and oxygen atoms in total. The minimum absolute atomic E-state index is 0.0148. The molecule has 0 atom stereocenters. The predicted molar refractivity (Wildman–Crippen MR) is 68.7 cm³/mol. The molecule has 3 rings (SSSR count). The first-order valence-electron chi connectivity index (χ1n) is 5.47. The number of fused-ring (bicyclic) bond motifs is 1. The summed E-state index contributed by atoms with van der Waals surface area (Å²) in [5, 5.41) is 1.89. The summed E-state index contributed by atoms with van der Waals surface area (Å²) in [5.41, 5.74) is 10.2. The highest BCUT2D eigenvalue weighted by atomic mass is 32.1. The van der Waals surface area contributed by atoms with Crippen LogP contribution in [0.1, 0.15) is 16.8 Å². The molecule has 0 saturated carbocycles. The average molecular weight is 247 g/mol. The number of nitrogens with two attached hydrogens (primary N) is 1. The van der Waals surface area contributed by atoms with E-state index in [4.69, 9.17) is 5.73 Å². The highest BCUT2D eigenvalue weighted by molar-refractivity contribution is 7.07. The van der Waals surface area contributed by atoms with E-state index in [1.165, 1.54) is 22.5 Å². The summed E-state index contributed by atoms with van der Waals surface area (Å²) in [6.45, 7) is 2.61. The van der Waals surface area contributed by atoms with Gasteiger partial charge in [-0.25, -0.2) is 0 Å². The molecule has 0 amide bonds. The Morgan fingerprint density at radius 3 is 2.94 bits per heavy atom. The largest absolute Gasteiger partial charge is 0.399 e. The second-order valence-corrected chi connectivity index (χ2v) is 5.19. The number of rotatable bonds is 2. The summed E-state index contributed by atoms with van der Waals surface area (Å²) in [7, 11) is 0. The number of nitrogens with zero attached hydrogens (tertiary/aromatic N) is 1. The first kappa shape index (κ1) is 10.6. The van der Waals surface area contributed by atoms with Crippen molar-refractivity contribution in [3.05, 3.63) is 50.1 Å². The molecule has 2 aromatic rings. The smallest absolute Gasteiger partial charge is 0.304 e. The van der Waals surface area contributed by atoms with E-state index in [-0.39, 0.29) is 4.87 Å². The van der Waals surface area contributed by atoms with E-state index in [0.29, 0.717) is 0 Å². The Hall–Kier alpha value is -1.59. The lowest BCUT2D eigenvalue weighted by Crippen LogP contribution is -2.16. The van der Waals surface area contributed by atoms with Crippen molar-refractivity contribution in [3.63, 3.8) is 0 Å². The van der Waals surface area contributed by atoms with Gasteiger partial charge in [0.2, 0.25) is 0 Å². The predicted octanol–water partition coefficient (Wildman–Crippen LogP) is 1.53. The van der Waals surface area contributed by atoms with E-state index in [1.54, 1.807) is 0 Å². The Kier molecular flexibility index (Phi) is 2.49. The maximum Gasteiger partial charge on any atom is 0.304 e. The molecule has 5 heteroatoms.